The van der Waals surface area contributed by atoms with Crippen molar-refractivity contribution in [2.45, 2.75) is 17.9 Å². The molecule has 2 heterocycles. The van der Waals surface area contributed by atoms with Gasteiger partial charge in [-0.1, -0.05) is 53.2 Å². The van der Waals surface area contributed by atoms with E-state index in [1.807, 2.05) is 36.5 Å². The summed E-state index contributed by atoms with van der Waals surface area (Å²) in [7, 11) is -3.55. The molecule has 134 valence electrons. The van der Waals surface area contributed by atoms with Crippen LogP contribution in [0, 0.1) is 6.92 Å². The molecule has 0 bridgehead atoms. The Bertz CT molecular complexity index is 1040. The Morgan fingerprint density at radius 1 is 1.08 bits per heavy atom. The number of nitrogens with zero attached hydrogens (tertiary/aromatic N) is 4. The van der Waals surface area contributed by atoms with Crippen LogP contribution in [0.25, 0.3) is 11.3 Å². The topological polar surface area (TPSA) is 68.1 Å². The maximum atomic E-state index is 12.8. The number of aromatic nitrogens is 3. The predicted molar refractivity (Wildman–Crippen MR) is 99.4 cm³/mol. The Morgan fingerprint density at radius 2 is 1.81 bits per heavy atom. The standard InChI is InChI=1S/C18H17ClN4O2S/c1-13-16(19)8-5-9-18(13)26(24,25)22-10-15(11-22)23-12-17(20-21-23)14-6-3-2-4-7-14/h2-9,12,15H,10-11H2,1H3. The predicted octanol–water partition coefficient (Wildman–Crippen LogP) is 3.15. The van der Waals surface area contributed by atoms with Gasteiger partial charge in [0.05, 0.1) is 17.1 Å². The third-order valence-electron chi connectivity index (χ3n) is 4.62. The van der Waals surface area contributed by atoms with Gasteiger partial charge in [0.25, 0.3) is 0 Å². The average molecular weight is 389 g/mol. The van der Waals surface area contributed by atoms with Crippen molar-refractivity contribution in [2.24, 2.45) is 0 Å². The smallest absolute Gasteiger partial charge is 0.243 e. The zero-order valence-electron chi connectivity index (χ0n) is 14.1. The minimum atomic E-state index is -3.55. The molecule has 0 amide bonds. The normalized spacial score (nSPS) is 15.8. The fourth-order valence-corrected chi connectivity index (χ4v) is 4.98. The van der Waals surface area contributed by atoms with Crippen molar-refractivity contribution in [3.63, 3.8) is 0 Å². The van der Waals surface area contributed by atoms with Gasteiger partial charge in [0.15, 0.2) is 0 Å². The summed E-state index contributed by atoms with van der Waals surface area (Å²) in [6.45, 7) is 2.45. The summed E-state index contributed by atoms with van der Waals surface area (Å²) in [5.74, 6) is 0. The van der Waals surface area contributed by atoms with E-state index in [0.29, 0.717) is 23.7 Å². The molecule has 1 aliphatic rings. The maximum absolute atomic E-state index is 12.8. The number of halogens is 1. The molecule has 0 aliphatic carbocycles. The molecule has 1 aliphatic heterocycles. The minimum absolute atomic E-state index is 0.0192. The number of hydrogen-bond acceptors (Lipinski definition) is 4. The van der Waals surface area contributed by atoms with Crippen LogP contribution in [0.15, 0.2) is 59.6 Å². The van der Waals surface area contributed by atoms with Gasteiger partial charge < -0.3 is 0 Å². The fraction of sp³-hybridized carbons (Fsp3) is 0.222. The largest absolute Gasteiger partial charge is 0.246 e. The number of benzene rings is 2. The SMILES string of the molecule is Cc1c(Cl)cccc1S(=O)(=O)N1CC(n2cc(-c3ccccc3)nn2)C1. The summed E-state index contributed by atoms with van der Waals surface area (Å²) in [4.78, 5) is 0.256. The Morgan fingerprint density at radius 3 is 2.54 bits per heavy atom. The molecule has 0 spiro atoms. The molecule has 26 heavy (non-hydrogen) atoms. The first-order valence-corrected chi connectivity index (χ1v) is 10.0. The first-order chi connectivity index (χ1) is 12.5. The van der Waals surface area contributed by atoms with Crippen LogP contribution in [0.3, 0.4) is 0 Å². The van der Waals surface area contributed by atoms with Crippen molar-refractivity contribution in [1.29, 1.82) is 0 Å². The van der Waals surface area contributed by atoms with Crippen LogP contribution in [0.4, 0.5) is 0 Å². The molecular formula is C18H17ClN4O2S. The fourth-order valence-electron chi connectivity index (χ4n) is 2.98. The molecule has 8 heteroatoms. The first-order valence-electron chi connectivity index (χ1n) is 8.19. The van der Waals surface area contributed by atoms with E-state index < -0.39 is 10.0 Å². The molecule has 1 saturated heterocycles. The number of rotatable bonds is 4. The second-order valence-corrected chi connectivity index (χ2v) is 8.60. The number of sulfonamides is 1. The van der Waals surface area contributed by atoms with Crippen molar-refractivity contribution < 1.29 is 8.42 Å². The molecule has 0 saturated carbocycles. The molecule has 0 radical (unpaired) electrons. The summed E-state index contributed by atoms with van der Waals surface area (Å²) >= 11 is 6.07. The second kappa shape index (κ2) is 6.50. The summed E-state index contributed by atoms with van der Waals surface area (Å²) in [5, 5.41) is 8.80. The summed E-state index contributed by atoms with van der Waals surface area (Å²) < 4.78 is 28.8. The quantitative estimate of drug-likeness (QED) is 0.688. The molecule has 0 atom stereocenters. The summed E-state index contributed by atoms with van der Waals surface area (Å²) in [6.07, 6.45) is 1.86. The highest BCUT2D eigenvalue weighted by molar-refractivity contribution is 7.89. The second-order valence-electron chi connectivity index (χ2n) is 6.29. The van der Waals surface area contributed by atoms with Crippen molar-refractivity contribution in [2.75, 3.05) is 13.1 Å². The molecule has 3 aromatic rings. The van der Waals surface area contributed by atoms with Crippen LogP contribution in [0.2, 0.25) is 5.02 Å². The van der Waals surface area contributed by atoms with Gasteiger partial charge in [-0.15, -0.1) is 5.10 Å². The molecule has 4 rings (SSSR count). The molecule has 2 aromatic carbocycles. The van der Waals surface area contributed by atoms with Crippen LogP contribution >= 0.6 is 11.6 Å². The third kappa shape index (κ3) is 2.92. The van der Waals surface area contributed by atoms with Crippen molar-refractivity contribution in [3.8, 4) is 11.3 Å². The lowest BCUT2D eigenvalue weighted by Crippen LogP contribution is -2.50. The highest BCUT2D eigenvalue weighted by Gasteiger charge is 2.39. The van der Waals surface area contributed by atoms with Gasteiger partial charge in [0.1, 0.15) is 5.69 Å². The van der Waals surface area contributed by atoms with Gasteiger partial charge >= 0.3 is 0 Å². The van der Waals surface area contributed by atoms with E-state index in [4.69, 9.17) is 11.6 Å². The van der Waals surface area contributed by atoms with Gasteiger partial charge in [0.2, 0.25) is 10.0 Å². The van der Waals surface area contributed by atoms with Gasteiger partial charge in [-0.3, -0.25) is 0 Å². The number of hydrogen-bond donors (Lipinski definition) is 0. The lowest BCUT2D eigenvalue weighted by atomic mass is 10.1. The zero-order valence-corrected chi connectivity index (χ0v) is 15.7. The van der Waals surface area contributed by atoms with Gasteiger partial charge in [-0.25, -0.2) is 13.1 Å². The lowest BCUT2D eigenvalue weighted by molar-refractivity contribution is 0.189. The van der Waals surface area contributed by atoms with E-state index in [0.717, 1.165) is 11.3 Å². The van der Waals surface area contributed by atoms with E-state index in [1.165, 1.54) is 4.31 Å². The Balaban J connectivity index is 1.50. The van der Waals surface area contributed by atoms with Crippen LogP contribution < -0.4 is 0 Å². The molecule has 6 nitrogen and oxygen atoms in total. The Labute approximate surface area is 157 Å². The highest BCUT2D eigenvalue weighted by atomic mass is 35.5. The van der Waals surface area contributed by atoms with Gasteiger partial charge in [-0.2, -0.15) is 4.31 Å². The van der Waals surface area contributed by atoms with Gasteiger partial charge in [0, 0.05) is 23.7 Å². The van der Waals surface area contributed by atoms with Crippen molar-refractivity contribution >= 4 is 21.6 Å². The van der Waals surface area contributed by atoms with Crippen LogP contribution in [0.1, 0.15) is 11.6 Å². The van der Waals surface area contributed by atoms with Crippen LogP contribution in [-0.4, -0.2) is 40.8 Å². The van der Waals surface area contributed by atoms with Crippen LogP contribution in [-0.2, 0) is 10.0 Å². The van der Waals surface area contributed by atoms with Crippen LogP contribution in [0.5, 0.6) is 0 Å². The Hall–Kier alpha value is -2.22. The minimum Gasteiger partial charge on any atom is -0.246 e. The van der Waals surface area contributed by atoms with Crippen molar-refractivity contribution in [3.05, 3.63) is 65.3 Å². The molecular weight excluding hydrogens is 372 g/mol. The van der Waals surface area contributed by atoms with Gasteiger partial charge in [-0.05, 0) is 24.6 Å². The third-order valence-corrected chi connectivity index (χ3v) is 7.00. The molecule has 1 aromatic heterocycles. The van der Waals surface area contributed by atoms with E-state index >= 15 is 0 Å². The molecule has 0 N–H and O–H groups in total. The van der Waals surface area contributed by atoms with E-state index in [1.54, 1.807) is 29.8 Å². The summed E-state index contributed by atoms with van der Waals surface area (Å²) in [5.41, 5.74) is 2.33. The highest BCUT2D eigenvalue weighted by Crippen LogP contribution is 2.31. The summed E-state index contributed by atoms with van der Waals surface area (Å²) in [6, 6.07) is 14.7. The lowest BCUT2D eigenvalue weighted by Gasteiger charge is -2.37. The molecule has 1 fully saturated rings. The average Bonchev–Trinajstić information content (AvgIpc) is 3.06. The maximum Gasteiger partial charge on any atom is 0.243 e. The van der Waals surface area contributed by atoms with E-state index in [-0.39, 0.29) is 10.9 Å². The van der Waals surface area contributed by atoms with Crippen molar-refractivity contribution in [1.82, 2.24) is 19.3 Å². The van der Waals surface area contributed by atoms with E-state index in [9.17, 15) is 8.42 Å². The Kier molecular flexibility index (Phi) is 4.30. The molecule has 0 unspecified atom stereocenters. The van der Waals surface area contributed by atoms with E-state index in [2.05, 4.69) is 10.3 Å². The zero-order chi connectivity index (χ0) is 18.3. The monoisotopic (exact) mass is 388 g/mol. The first kappa shape index (κ1) is 17.2.